The number of aromatic nitrogens is 2. The highest BCUT2D eigenvalue weighted by Gasteiger charge is 2.26. The fraction of sp³-hybridized carbons (Fsp3) is 0.214. The first-order valence-electron chi connectivity index (χ1n) is 6.01. The normalized spacial score (nSPS) is 14.7. The highest BCUT2D eigenvalue weighted by Crippen LogP contribution is 2.25. The first-order valence-corrected chi connectivity index (χ1v) is 6.89. The molecule has 1 unspecified atom stereocenters. The molecule has 3 aromatic rings. The number of benzene rings is 1. The Morgan fingerprint density at radius 3 is 2.95 bits per heavy atom. The van der Waals surface area contributed by atoms with Crippen LogP contribution in [0.3, 0.4) is 0 Å². The van der Waals surface area contributed by atoms with Gasteiger partial charge in [0.1, 0.15) is 5.82 Å². The third kappa shape index (κ3) is 2.27. The van der Waals surface area contributed by atoms with Crippen LogP contribution in [0, 0.1) is 5.82 Å². The standard InChI is InChI=1S/C14H14FN3S/c1-14(16,11-4-2-3-5-12(11)15)8-10-9-18-6-7-19-13(18)17-10/h2-7,9H,8,16H2,1H3. The van der Waals surface area contributed by atoms with Crippen LogP contribution >= 0.6 is 11.3 Å². The second-order valence-corrected chi connectivity index (χ2v) is 5.77. The summed E-state index contributed by atoms with van der Waals surface area (Å²) in [4.78, 5) is 5.42. The maximum absolute atomic E-state index is 13.8. The molecule has 98 valence electrons. The third-order valence-corrected chi connectivity index (χ3v) is 3.95. The zero-order valence-electron chi connectivity index (χ0n) is 10.5. The van der Waals surface area contributed by atoms with Gasteiger partial charge in [-0.2, -0.15) is 0 Å². The van der Waals surface area contributed by atoms with Gasteiger partial charge in [-0.25, -0.2) is 9.37 Å². The summed E-state index contributed by atoms with van der Waals surface area (Å²) in [6.45, 7) is 1.83. The van der Waals surface area contributed by atoms with Gasteiger partial charge in [0, 0.05) is 35.3 Å². The van der Waals surface area contributed by atoms with Crippen LogP contribution in [0.25, 0.3) is 4.96 Å². The van der Waals surface area contributed by atoms with Crippen LogP contribution in [0.1, 0.15) is 18.2 Å². The molecule has 0 aliphatic carbocycles. The summed E-state index contributed by atoms with van der Waals surface area (Å²) in [6, 6.07) is 6.64. The Kier molecular flexibility index (Phi) is 2.88. The second kappa shape index (κ2) is 4.43. The minimum absolute atomic E-state index is 0.270. The van der Waals surface area contributed by atoms with Gasteiger partial charge in [0.05, 0.1) is 5.69 Å². The van der Waals surface area contributed by atoms with Crippen molar-refractivity contribution in [3.05, 3.63) is 59.1 Å². The number of imidazole rings is 1. The number of hydrogen-bond acceptors (Lipinski definition) is 3. The number of fused-ring (bicyclic) bond motifs is 1. The topological polar surface area (TPSA) is 43.3 Å². The van der Waals surface area contributed by atoms with Crippen molar-refractivity contribution in [3.63, 3.8) is 0 Å². The Labute approximate surface area is 114 Å². The van der Waals surface area contributed by atoms with E-state index < -0.39 is 5.54 Å². The summed E-state index contributed by atoms with van der Waals surface area (Å²) in [7, 11) is 0. The van der Waals surface area contributed by atoms with Gasteiger partial charge in [-0.15, -0.1) is 11.3 Å². The largest absolute Gasteiger partial charge is 0.321 e. The van der Waals surface area contributed by atoms with Crippen LogP contribution in [-0.4, -0.2) is 9.38 Å². The molecular formula is C14H14FN3S. The molecule has 0 aliphatic rings. The summed E-state index contributed by atoms with van der Waals surface area (Å²) < 4.78 is 15.8. The summed E-state index contributed by atoms with van der Waals surface area (Å²) in [5.41, 5.74) is 6.90. The molecule has 0 radical (unpaired) electrons. The van der Waals surface area contributed by atoms with E-state index in [9.17, 15) is 4.39 Å². The monoisotopic (exact) mass is 275 g/mol. The Morgan fingerprint density at radius 1 is 1.42 bits per heavy atom. The van der Waals surface area contributed by atoms with Crippen LogP contribution < -0.4 is 5.73 Å². The van der Waals surface area contributed by atoms with Crippen LogP contribution in [0.15, 0.2) is 42.0 Å². The van der Waals surface area contributed by atoms with E-state index in [0.717, 1.165) is 10.7 Å². The van der Waals surface area contributed by atoms with Crippen molar-refractivity contribution in [2.24, 2.45) is 5.73 Å². The van der Waals surface area contributed by atoms with Crippen molar-refractivity contribution in [1.29, 1.82) is 0 Å². The molecule has 0 amide bonds. The molecule has 2 heterocycles. The number of rotatable bonds is 3. The van der Waals surface area contributed by atoms with Crippen LogP contribution in [0.2, 0.25) is 0 Å². The number of thiazole rings is 1. The van der Waals surface area contributed by atoms with E-state index in [4.69, 9.17) is 5.73 Å². The molecule has 3 rings (SSSR count). The molecule has 0 saturated heterocycles. The van der Waals surface area contributed by atoms with Gasteiger partial charge in [-0.3, -0.25) is 4.40 Å². The molecular weight excluding hydrogens is 261 g/mol. The summed E-state index contributed by atoms with van der Waals surface area (Å²) in [5, 5.41) is 1.98. The van der Waals surface area contributed by atoms with Crippen molar-refractivity contribution < 1.29 is 4.39 Å². The first-order chi connectivity index (χ1) is 9.06. The molecule has 2 N–H and O–H groups in total. The predicted octanol–water partition coefficient (Wildman–Crippen LogP) is 2.95. The van der Waals surface area contributed by atoms with E-state index in [1.807, 2.05) is 29.1 Å². The van der Waals surface area contributed by atoms with Crippen molar-refractivity contribution >= 4 is 16.3 Å². The fourth-order valence-corrected chi connectivity index (χ4v) is 2.98. The molecule has 0 aliphatic heterocycles. The van der Waals surface area contributed by atoms with Gasteiger partial charge >= 0.3 is 0 Å². The van der Waals surface area contributed by atoms with Crippen LogP contribution in [-0.2, 0) is 12.0 Å². The molecule has 0 saturated carbocycles. The lowest BCUT2D eigenvalue weighted by molar-refractivity contribution is 0.453. The van der Waals surface area contributed by atoms with Crippen molar-refractivity contribution in [1.82, 2.24) is 9.38 Å². The number of nitrogens with two attached hydrogens (primary N) is 1. The lowest BCUT2D eigenvalue weighted by Gasteiger charge is -2.24. The average Bonchev–Trinajstić information content (AvgIpc) is 2.89. The van der Waals surface area contributed by atoms with Crippen molar-refractivity contribution in [3.8, 4) is 0 Å². The molecule has 2 aromatic heterocycles. The molecule has 3 nitrogen and oxygen atoms in total. The zero-order valence-corrected chi connectivity index (χ0v) is 11.3. The van der Waals surface area contributed by atoms with Gasteiger partial charge in [-0.05, 0) is 13.0 Å². The fourth-order valence-electron chi connectivity index (χ4n) is 2.26. The number of halogens is 1. The minimum Gasteiger partial charge on any atom is -0.321 e. The molecule has 0 bridgehead atoms. The Bertz CT molecular complexity index is 686. The Hall–Kier alpha value is -1.72. The maximum Gasteiger partial charge on any atom is 0.193 e. The SMILES string of the molecule is CC(N)(Cc1cn2ccsc2n1)c1ccccc1F. The lowest BCUT2D eigenvalue weighted by Crippen LogP contribution is -2.36. The van der Waals surface area contributed by atoms with Gasteiger partial charge in [0.15, 0.2) is 4.96 Å². The van der Waals surface area contributed by atoms with E-state index in [2.05, 4.69) is 4.98 Å². The van der Waals surface area contributed by atoms with Gasteiger partial charge in [-0.1, -0.05) is 18.2 Å². The van der Waals surface area contributed by atoms with E-state index in [1.165, 1.54) is 6.07 Å². The second-order valence-electron chi connectivity index (χ2n) is 4.90. The summed E-state index contributed by atoms with van der Waals surface area (Å²) in [6.07, 6.45) is 4.40. The molecule has 5 heteroatoms. The van der Waals surface area contributed by atoms with Crippen LogP contribution in [0.5, 0.6) is 0 Å². The summed E-state index contributed by atoms with van der Waals surface area (Å²) >= 11 is 1.57. The van der Waals surface area contributed by atoms with Crippen molar-refractivity contribution in [2.75, 3.05) is 0 Å². The van der Waals surface area contributed by atoms with Gasteiger partial charge < -0.3 is 5.73 Å². The molecule has 0 fully saturated rings. The summed E-state index contributed by atoms with van der Waals surface area (Å²) in [5.74, 6) is -0.270. The number of hydrogen-bond donors (Lipinski definition) is 1. The van der Waals surface area contributed by atoms with E-state index >= 15 is 0 Å². The highest BCUT2D eigenvalue weighted by atomic mass is 32.1. The predicted molar refractivity (Wildman–Crippen MR) is 74.7 cm³/mol. The molecule has 1 atom stereocenters. The molecule has 1 aromatic carbocycles. The quantitative estimate of drug-likeness (QED) is 0.798. The molecule has 0 spiro atoms. The van der Waals surface area contributed by atoms with Crippen molar-refractivity contribution in [2.45, 2.75) is 18.9 Å². The van der Waals surface area contributed by atoms with E-state index in [0.29, 0.717) is 12.0 Å². The molecule has 19 heavy (non-hydrogen) atoms. The van der Waals surface area contributed by atoms with Gasteiger partial charge in [0.2, 0.25) is 0 Å². The lowest BCUT2D eigenvalue weighted by atomic mass is 9.88. The highest BCUT2D eigenvalue weighted by molar-refractivity contribution is 7.15. The Balaban J connectivity index is 1.93. The first kappa shape index (κ1) is 12.3. The zero-order chi connectivity index (χ0) is 13.5. The number of nitrogens with zero attached hydrogens (tertiary/aromatic N) is 2. The van der Waals surface area contributed by atoms with Gasteiger partial charge in [0.25, 0.3) is 0 Å². The van der Waals surface area contributed by atoms with E-state index in [-0.39, 0.29) is 5.82 Å². The third-order valence-electron chi connectivity index (χ3n) is 3.18. The average molecular weight is 275 g/mol. The minimum atomic E-state index is -0.768. The van der Waals surface area contributed by atoms with Crippen LogP contribution in [0.4, 0.5) is 4.39 Å². The maximum atomic E-state index is 13.8. The van der Waals surface area contributed by atoms with E-state index in [1.54, 1.807) is 29.5 Å². The Morgan fingerprint density at radius 2 is 2.21 bits per heavy atom. The smallest absolute Gasteiger partial charge is 0.193 e.